The third-order valence-corrected chi connectivity index (χ3v) is 3.53. The van der Waals surface area contributed by atoms with E-state index in [0.717, 1.165) is 6.07 Å². The maximum absolute atomic E-state index is 13.3. The van der Waals surface area contributed by atoms with E-state index in [1.165, 1.54) is 30.3 Å². The molecule has 0 radical (unpaired) electrons. The van der Waals surface area contributed by atoms with E-state index in [1.807, 2.05) is 0 Å². The molecule has 0 spiro atoms. The van der Waals surface area contributed by atoms with Crippen LogP contribution in [0.15, 0.2) is 47.0 Å². The lowest BCUT2D eigenvalue weighted by molar-refractivity contribution is 0.281. The quantitative estimate of drug-likeness (QED) is 0.776. The summed E-state index contributed by atoms with van der Waals surface area (Å²) in [4.78, 5) is 0. The molecule has 0 aliphatic heterocycles. The number of halogens is 3. The molecule has 2 aromatic carbocycles. The molecule has 3 rings (SSSR count). The van der Waals surface area contributed by atoms with Gasteiger partial charge in [-0.15, -0.1) is 0 Å². The molecule has 0 saturated carbocycles. The molecular formula is C16H10ClF2NO2. The number of hydrogen-bond acceptors (Lipinski definition) is 3. The second kappa shape index (κ2) is 5.87. The van der Waals surface area contributed by atoms with Crippen LogP contribution in [0.1, 0.15) is 5.56 Å². The number of rotatable bonds is 3. The number of aromatic nitrogens is 1. The van der Waals surface area contributed by atoms with Crippen LogP contribution >= 0.6 is 11.6 Å². The van der Waals surface area contributed by atoms with Crippen LogP contribution in [0.2, 0.25) is 5.02 Å². The highest BCUT2D eigenvalue weighted by atomic mass is 35.5. The molecular weight excluding hydrogens is 312 g/mol. The Labute approximate surface area is 129 Å². The number of hydrogen-bond donors (Lipinski definition) is 1. The van der Waals surface area contributed by atoms with Gasteiger partial charge in [0.2, 0.25) is 0 Å². The Hall–Kier alpha value is -2.24. The molecule has 0 aliphatic carbocycles. The largest absolute Gasteiger partial charge is 0.391 e. The first kappa shape index (κ1) is 14.7. The fraction of sp³-hybridized carbons (Fsp3) is 0.0625. The molecule has 6 heteroatoms. The van der Waals surface area contributed by atoms with Crippen LogP contribution in [-0.4, -0.2) is 10.3 Å². The Kier molecular flexibility index (Phi) is 3.92. The lowest BCUT2D eigenvalue weighted by Gasteiger charge is -2.03. The minimum absolute atomic E-state index is 0.136. The van der Waals surface area contributed by atoms with Crippen molar-refractivity contribution in [3.8, 4) is 22.6 Å². The second-order valence-electron chi connectivity index (χ2n) is 4.63. The van der Waals surface area contributed by atoms with Crippen molar-refractivity contribution in [1.82, 2.24) is 5.16 Å². The van der Waals surface area contributed by atoms with Gasteiger partial charge in [-0.3, -0.25) is 0 Å². The summed E-state index contributed by atoms with van der Waals surface area (Å²) in [6, 6.07) is 9.58. The highest BCUT2D eigenvalue weighted by Gasteiger charge is 2.20. The first-order valence-corrected chi connectivity index (χ1v) is 6.78. The molecule has 1 aromatic heterocycles. The van der Waals surface area contributed by atoms with Gasteiger partial charge in [-0.2, -0.15) is 0 Å². The summed E-state index contributed by atoms with van der Waals surface area (Å²) in [5, 5.41) is 13.6. The molecule has 1 heterocycles. The van der Waals surface area contributed by atoms with Crippen molar-refractivity contribution in [2.75, 3.05) is 0 Å². The van der Waals surface area contributed by atoms with Gasteiger partial charge in [0.15, 0.2) is 5.76 Å². The fourth-order valence-corrected chi connectivity index (χ4v) is 2.46. The molecule has 0 aliphatic rings. The summed E-state index contributed by atoms with van der Waals surface area (Å²) in [7, 11) is 0. The molecule has 0 unspecified atom stereocenters. The number of nitrogens with zero attached hydrogens (tertiary/aromatic N) is 1. The summed E-state index contributed by atoms with van der Waals surface area (Å²) in [5.41, 5.74) is 1.55. The monoisotopic (exact) mass is 321 g/mol. The van der Waals surface area contributed by atoms with Crippen LogP contribution in [0.3, 0.4) is 0 Å². The van der Waals surface area contributed by atoms with Crippen LogP contribution in [0.4, 0.5) is 8.78 Å². The van der Waals surface area contributed by atoms with Crippen molar-refractivity contribution in [3.63, 3.8) is 0 Å². The van der Waals surface area contributed by atoms with Gasteiger partial charge >= 0.3 is 0 Å². The van der Waals surface area contributed by atoms with Crippen molar-refractivity contribution in [1.29, 1.82) is 0 Å². The maximum atomic E-state index is 13.3. The van der Waals surface area contributed by atoms with Crippen molar-refractivity contribution < 1.29 is 18.4 Å². The highest BCUT2D eigenvalue weighted by molar-refractivity contribution is 6.33. The Morgan fingerprint density at radius 2 is 1.86 bits per heavy atom. The van der Waals surface area contributed by atoms with Gasteiger partial charge in [0.1, 0.15) is 17.3 Å². The minimum atomic E-state index is -0.482. The predicted molar refractivity (Wildman–Crippen MR) is 78.2 cm³/mol. The molecule has 0 amide bonds. The topological polar surface area (TPSA) is 46.3 Å². The van der Waals surface area contributed by atoms with Crippen molar-refractivity contribution in [2.24, 2.45) is 0 Å². The van der Waals surface area contributed by atoms with Gasteiger partial charge in [-0.25, -0.2) is 8.78 Å². The zero-order chi connectivity index (χ0) is 15.7. The van der Waals surface area contributed by atoms with E-state index in [9.17, 15) is 13.9 Å². The van der Waals surface area contributed by atoms with E-state index in [0.29, 0.717) is 22.4 Å². The summed E-state index contributed by atoms with van der Waals surface area (Å²) in [5.74, 6) is -0.679. The Bertz CT molecular complexity index is 833. The van der Waals surface area contributed by atoms with Crippen LogP contribution in [0.5, 0.6) is 0 Å². The standard InChI is InChI=1S/C16H10ClF2NO2/c17-14-7-11(19)4-5-12(14)16-13(8-21)15(20-22-16)9-2-1-3-10(18)6-9/h1-7,21H,8H2. The molecule has 3 aromatic rings. The average molecular weight is 322 g/mol. The van der Waals surface area contributed by atoms with E-state index >= 15 is 0 Å². The van der Waals surface area contributed by atoms with E-state index < -0.39 is 11.6 Å². The molecule has 22 heavy (non-hydrogen) atoms. The van der Waals surface area contributed by atoms with Gasteiger partial charge in [0, 0.05) is 11.1 Å². The Morgan fingerprint density at radius 3 is 2.55 bits per heavy atom. The Balaban J connectivity index is 2.15. The highest BCUT2D eigenvalue weighted by Crippen LogP contribution is 2.36. The van der Waals surface area contributed by atoms with Crippen LogP contribution in [0.25, 0.3) is 22.6 Å². The first-order valence-electron chi connectivity index (χ1n) is 6.41. The Morgan fingerprint density at radius 1 is 1.09 bits per heavy atom. The molecule has 112 valence electrons. The van der Waals surface area contributed by atoms with E-state index in [-0.39, 0.29) is 17.4 Å². The summed E-state index contributed by atoms with van der Waals surface area (Å²) < 4.78 is 31.7. The minimum Gasteiger partial charge on any atom is -0.391 e. The van der Waals surface area contributed by atoms with Crippen LogP contribution < -0.4 is 0 Å². The van der Waals surface area contributed by atoms with E-state index in [1.54, 1.807) is 6.07 Å². The third-order valence-electron chi connectivity index (χ3n) is 3.22. The number of benzene rings is 2. The summed E-state index contributed by atoms with van der Waals surface area (Å²) in [6.07, 6.45) is 0. The smallest absolute Gasteiger partial charge is 0.174 e. The zero-order valence-corrected chi connectivity index (χ0v) is 11.9. The maximum Gasteiger partial charge on any atom is 0.174 e. The number of aliphatic hydroxyl groups excluding tert-OH is 1. The molecule has 3 nitrogen and oxygen atoms in total. The van der Waals surface area contributed by atoms with Crippen molar-refractivity contribution in [3.05, 3.63) is 64.7 Å². The summed E-state index contributed by atoms with van der Waals surface area (Å²) >= 11 is 6.00. The van der Waals surface area contributed by atoms with E-state index in [4.69, 9.17) is 16.1 Å². The predicted octanol–water partition coefficient (Wildman–Crippen LogP) is 4.43. The van der Waals surface area contributed by atoms with Crippen molar-refractivity contribution in [2.45, 2.75) is 6.61 Å². The summed E-state index contributed by atoms with van der Waals surface area (Å²) in [6.45, 7) is -0.377. The van der Waals surface area contributed by atoms with Crippen LogP contribution in [0, 0.1) is 11.6 Å². The first-order chi connectivity index (χ1) is 10.6. The third kappa shape index (κ3) is 2.61. The van der Waals surface area contributed by atoms with Gasteiger partial charge < -0.3 is 9.63 Å². The second-order valence-corrected chi connectivity index (χ2v) is 5.04. The van der Waals surface area contributed by atoms with Crippen LogP contribution in [-0.2, 0) is 6.61 Å². The van der Waals surface area contributed by atoms with Gasteiger partial charge in [0.05, 0.1) is 17.2 Å². The zero-order valence-electron chi connectivity index (χ0n) is 11.2. The molecule has 0 bridgehead atoms. The lowest BCUT2D eigenvalue weighted by atomic mass is 10.0. The molecule has 0 atom stereocenters. The lowest BCUT2D eigenvalue weighted by Crippen LogP contribution is -1.90. The fourth-order valence-electron chi connectivity index (χ4n) is 2.20. The molecule has 0 saturated heterocycles. The molecule has 0 fully saturated rings. The van der Waals surface area contributed by atoms with Gasteiger partial charge in [-0.1, -0.05) is 28.9 Å². The van der Waals surface area contributed by atoms with Gasteiger partial charge in [0.25, 0.3) is 0 Å². The SMILES string of the molecule is OCc1c(-c2cccc(F)c2)noc1-c1ccc(F)cc1Cl. The van der Waals surface area contributed by atoms with Gasteiger partial charge in [-0.05, 0) is 30.3 Å². The van der Waals surface area contributed by atoms with E-state index in [2.05, 4.69) is 5.16 Å². The average Bonchev–Trinajstić information content (AvgIpc) is 2.91. The molecule has 1 N–H and O–H groups in total. The van der Waals surface area contributed by atoms with Crippen molar-refractivity contribution >= 4 is 11.6 Å². The normalized spacial score (nSPS) is 10.9. The number of aliphatic hydroxyl groups is 1.